The Morgan fingerprint density at radius 3 is 2.50 bits per heavy atom. The van der Waals surface area contributed by atoms with Crippen LogP contribution in [0.3, 0.4) is 0 Å². The minimum atomic E-state index is -1.37. The molecule has 0 bridgehead atoms. The first-order chi connectivity index (χ1) is 16.3. The van der Waals surface area contributed by atoms with E-state index in [0.29, 0.717) is 34.6 Å². The lowest BCUT2D eigenvalue weighted by molar-refractivity contribution is -0.262. The van der Waals surface area contributed by atoms with Crippen molar-refractivity contribution in [1.82, 2.24) is 0 Å². The van der Waals surface area contributed by atoms with Gasteiger partial charge in [-0.3, -0.25) is 0 Å². The number of aliphatic hydroxyl groups is 3. The minimum Gasteiger partial charge on any atom is -0.469 e. The molecule has 8 heteroatoms. The largest absolute Gasteiger partial charge is 0.469 e. The van der Waals surface area contributed by atoms with E-state index in [1.165, 1.54) is 4.90 Å². The number of fused-ring (bicyclic) bond motifs is 1. The molecule has 0 saturated carbocycles. The van der Waals surface area contributed by atoms with Gasteiger partial charge in [-0.2, -0.15) is 0 Å². The molecule has 0 aliphatic carbocycles. The van der Waals surface area contributed by atoms with Gasteiger partial charge in [-0.1, -0.05) is 50.6 Å². The average molecular weight is 506 g/mol. The quantitative estimate of drug-likeness (QED) is 0.463. The zero-order chi connectivity index (χ0) is 24.5. The third kappa shape index (κ3) is 5.01. The summed E-state index contributed by atoms with van der Waals surface area (Å²) in [6.07, 6.45) is -2.47. The van der Waals surface area contributed by atoms with Crippen molar-refractivity contribution in [3.63, 3.8) is 0 Å². The zero-order valence-corrected chi connectivity index (χ0v) is 21.2. The van der Waals surface area contributed by atoms with E-state index < -0.39 is 36.7 Å². The molecular formula is C26H32ClNO5S. The number of hydrogen-bond donors (Lipinski definition) is 3. The van der Waals surface area contributed by atoms with Gasteiger partial charge in [0.1, 0.15) is 18.3 Å². The van der Waals surface area contributed by atoms with Crippen LogP contribution in [0.25, 0.3) is 0 Å². The molecule has 184 valence electrons. The van der Waals surface area contributed by atoms with Gasteiger partial charge >= 0.3 is 0 Å². The fourth-order valence-corrected chi connectivity index (χ4v) is 5.50. The molecule has 1 fully saturated rings. The molecule has 1 saturated heterocycles. The molecule has 3 N–H and O–H groups in total. The third-order valence-electron chi connectivity index (χ3n) is 6.10. The Bertz CT molecular complexity index is 1030. The predicted molar refractivity (Wildman–Crippen MR) is 135 cm³/mol. The summed E-state index contributed by atoms with van der Waals surface area (Å²) in [5, 5.41) is 32.2. The van der Waals surface area contributed by atoms with E-state index >= 15 is 0 Å². The molecule has 0 amide bonds. The van der Waals surface area contributed by atoms with Crippen molar-refractivity contribution in [1.29, 1.82) is 0 Å². The van der Waals surface area contributed by atoms with Gasteiger partial charge in [-0.25, -0.2) is 4.99 Å². The number of ether oxygens (including phenoxy) is 2. The van der Waals surface area contributed by atoms with Gasteiger partial charge in [0.25, 0.3) is 0 Å². The summed E-state index contributed by atoms with van der Waals surface area (Å²) >= 11 is 8.39. The first kappa shape index (κ1) is 25.5. The van der Waals surface area contributed by atoms with Crippen molar-refractivity contribution < 1.29 is 24.8 Å². The van der Waals surface area contributed by atoms with Crippen molar-refractivity contribution in [2.75, 3.05) is 6.61 Å². The van der Waals surface area contributed by atoms with Crippen LogP contribution in [-0.4, -0.2) is 57.5 Å². The van der Waals surface area contributed by atoms with Crippen LogP contribution in [0.15, 0.2) is 52.4 Å². The van der Waals surface area contributed by atoms with E-state index in [9.17, 15) is 15.3 Å². The third-order valence-corrected chi connectivity index (χ3v) is 7.49. The van der Waals surface area contributed by atoms with Gasteiger partial charge in [0.05, 0.1) is 6.61 Å². The van der Waals surface area contributed by atoms with Crippen molar-refractivity contribution in [2.24, 2.45) is 4.99 Å². The minimum absolute atomic E-state index is 0.452. The van der Waals surface area contributed by atoms with Crippen molar-refractivity contribution in [3.05, 3.63) is 64.2 Å². The molecule has 2 aliphatic heterocycles. The molecule has 2 aliphatic rings. The van der Waals surface area contributed by atoms with Crippen LogP contribution >= 0.6 is 23.4 Å². The summed E-state index contributed by atoms with van der Waals surface area (Å²) in [7, 11) is 0. The molecule has 34 heavy (non-hydrogen) atoms. The van der Waals surface area contributed by atoms with Crippen LogP contribution in [0.1, 0.15) is 50.3 Å². The number of aliphatic hydroxyl groups excluding tert-OH is 3. The number of thioether (sulfide) groups is 1. The number of rotatable bonds is 8. The molecule has 0 radical (unpaired) electrons. The second-order valence-electron chi connectivity index (χ2n) is 9.10. The zero-order valence-electron chi connectivity index (χ0n) is 19.6. The lowest BCUT2D eigenvalue weighted by atomic mass is 9.85. The summed E-state index contributed by atoms with van der Waals surface area (Å²) in [6.45, 7) is 5.89. The van der Waals surface area contributed by atoms with E-state index in [-0.39, 0.29) is 0 Å². The van der Waals surface area contributed by atoms with Gasteiger partial charge in [0.2, 0.25) is 5.72 Å². The maximum Gasteiger partial charge on any atom is 0.228 e. The highest BCUT2D eigenvalue weighted by Crippen LogP contribution is 2.46. The number of benzene rings is 2. The molecular weight excluding hydrogens is 474 g/mol. The lowest BCUT2D eigenvalue weighted by Crippen LogP contribution is -2.61. The second kappa shape index (κ2) is 10.6. The second-order valence-corrected chi connectivity index (χ2v) is 11.2. The first-order valence-electron chi connectivity index (χ1n) is 11.7. The summed E-state index contributed by atoms with van der Waals surface area (Å²) in [5.74, 6) is 0.465. The maximum absolute atomic E-state index is 10.8. The SMILES string of the molecule is CCCC1=NC2(c3ccc(Cl)c(Cc4ccc(SC(C)C)cc4)c3)O[C@H](CO)[C@@H](O)[C@H](O)C2O1. The van der Waals surface area contributed by atoms with Gasteiger partial charge < -0.3 is 24.8 Å². The average Bonchev–Trinajstić information content (AvgIpc) is 3.18. The highest BCUT2D eigenvalue weighted by atomic mass is 35.5. The fourth-order valence-electron chi connectivity index (χ4n) is 4.48. The number of halogens is 1. The Labute approximate surface area is 210 Å². The summed E-state index contributed by atoms with van der Waals surface area (Å²) in [6, 6.07) is 14.0. The van der Waals surface area contributed by atoms with Crippen molar-refractivity contribution in [3.8, 4) is 0 Å². The molecule has 2 aromatic rings. The van der Waals surface area contributed by atoms with Crippen molar-refractivity contribution >= 4 is 29.3 Å². The Hall–Kier alpha value is -1.61. The number of nitrogens with zero attached hydrogens (tertiary/aromatic N) is 1. The Balaban J connectivity index is 1.69. The highest BCUT2D eigenvalue weighted by molar-refractivity contribution is 7.99. The van der Waals surface area contributed by atoms with E-state index in [1.54, 1.807) is 6.07 Å². The predicted octanol–water partition coefficient (Wildman–Crippen LogP) is 4.29. The molecule has 2 unspecified atom stereocenters. The van der Waals surface area contributed by atoms with Crippen LogP contribution in [0, 0.1) is 0 Å². The topological polar surface area (TPSA) is 91.5 Å². The molecule has 6 nitrogen and oxygen atoms in total. The number of aliphatic imine (C=N–C) groups is 1. The molecule has 0 spiro atoms. The normalized spacial score (nSPS) is 28.5. The van der Waals surface area contributed by atoms with Gasteiger partial charge in [0.15, 0.2) is 12.0 Å². The van der Waals surface area contributed by atoms with Gasteiger partial charge in [0, 0.05) is 27.2 Å². The summed E-state index contributed by atoms with van der Waals surface area (Å²) in [5.41, 5.74) is 1.31. The fraction of sp³-hybridized carbons (Fsp3) is 0.500. The summed E-state index contributed by atoms with van der Waals surface area (Å²) < 4.78 is 12.1. The van der Waals surface area contributed by atoms with E-state index in [0.717, 1.165) is 17.5 Å². The smallest absolute Gasteiger partial charge is 0.228 e. The standard InChI is InChI=1S/C26H32ClNO5S/c1-4-5-22-28-26(25(32-22)24(31)23(30)21(14-29)33-26)18-8-11-20(27)17(13-18)12-16-6-9-19(10-7-16)34-15(2)3/h6-11,13,15,21,23-25,29-31H,4-5,12,14H2,1-3H3/t21-,23-,24+,25?,26?/m1/s1. The summed E-state index contributed by atoms with van der Waals surface area (Å²) in [4.78, 5) is 5.97. The van der Waals surface area contributed by atoms with Crippen LogP contribution < -0.4 is 0 Å². The van der Waals surface area contributed by atoms with E-state index in [2.05, 4.69) is 38.1 Å². The molecule has 2 aromatic carbocycles. The maximum atomic E-state index is 10.8. The monoisotopic (exact) mass is 505 g/mol. The lowest BCUT2D eigenvalue weighted by Gasteiger charge is -2.44. The number of hydrogen-bond acceptors (Lipinski definition) is 7. The van der Waals surface area contributed by atoms with Crippen LogP contribution in [0.4, 0.5) is 0 Å². The van der Waals surface area contributed by atoms with Gasteiger partial charge in [-0.05, 0) is 48.2 Å². The van der Waals surface area contributed by atoms with E-state index in [4.69, 9.17) is 26.1 Å². The first-order valence-corrected chi connectivity index (χ1v) is 13.0. The van der Waals surface area contributed by atoms with Crippen LogP contribution in [-0.2, 0) is 21.6 Å². The van der Waals surface area contributed by atoms with Gasteiger partial charge in [-0.15, -0.1) is 11.8 Å². The van der Waals surface area contributed by atoms with Crippen LogP contribution in [0.2, 0.25) is 5.02 Å². The molecule has 5 atom stereocenters. The molecule has 2 heterocycles. The molecule has 4 rings (SSSR count). The highest BCUT2D eigenvalue weighted by Gasteiger charge is 2.60. The Morgan fingerprint density at radius 1 is 1.12 bits per heavy atom. The molecule has 0 aromatic heterocycles. The van der Waals surface area contributed by atoms with Crippen molar-refractivity contribution in [2.45, 2.75) is 80.3 Å². The van der Waals surface area contributed by atoms with E-state index in [1.807, 2.05) is 30.8 Å². The van der Waals surface area contributed by atoms with Crippen LogP contribution in [0.5, 0.6) is 0 Å². The Kier molecular flexibility index (Phi) is 7.92. The Morgan fingerprint density at radius 2 is 1.85 bits per heavy atom.